The van der Waals surface area contributed by atoms with Crippen LogP contribution in [-0.4, -0.2) is 126 Å². The van der Waals surface area contributed by atoms with Gasteiger partial charge in [-0.2, -0.15) is 0 Å². The number of halogens is 1. The molecule has 0 aliphatic carbocycles. The van der Waals surface area contributed by atoms with E-state index in [0.29, 0.717) is 19.5 Å². The van der Waals surface area contributed by atoms with Gasteiger partial charge in [0.15, 0.2) is 17.7 Å². The Labute approximate surface area is 305 Å². The third-order valence-corrected chi connectivity index (χ3v) is 11.3. The minimum absolute atomic E-state index is 0.00608. The standard InChI is InChI=1S/C37H57FN4O10/c1-11-26-37(7)29(41-34(47)52-37)21(3)27(43)20(2)16-35(5,48-10)31(22(4)30(45)36(6,38)33(46)50-26)51-32-28(44)25(42(8)9)15-24(49-32)19-40-18-23-13-12-14-39-17-23/h12-14,17,20-22,24-26,28-29,31-32,40,44H,11,15-16,18-19H2,1-10H3,(H,41,47)/t20-,21+,22+,24+,25?,26-,28?,29-,31-,32+,35-,36+,37-/m1/s1. The number of ketones is 2. The summed E-state index contributed by atoms with van der Waals surface area (Å²) in [6.45, 7) is 11.3. The number of nitrogens with zero attached hydrogens (tertiary/aromatic N) is 2. The third kappa shape index (κ3) is 8.49. The van der Waals surface area contributed by atoms with Crippen LogP contribution in [0.15, 0.2) is 24.5 Å². The molecule has 2 unspecified atom stereocenters. The Kier molecular flexibility index (Phi) is 13.2. The van der Waals surface area contributed by atoms with E-state index in [1.807, 2.05) is 31.1 Å². The van der Waals surface area contributed by atoms with Crippen LogP contribution in [0.3, 0.4) is 0 Å². The number of alkyl halides is 1. The number of carbonyl (C=O) groups excluding carboxylic acids is 4. The average molecular weight is 737 g/mol. The Morgan fingerprint density at radius 2 is 1.83 bits per heavy atom. The molecule has 14 nitrogen and oxygen atoms in total. The molecular weight excluding hydrogens is 679 g/mol. The number of pyridine rings is 1. The Bertz CT molecular complexity index is 1430. The van der Waals surface area contributed by atoms with Crippen molar-refractivity contribution in [3.63, 3.8) is 0 Å². The van der Waals surface area contributed by atoms with Gasteiger partial charge in [0.2, 0.25) is 0 Å². The number of aromatic nitrogens is 1. The molecule has 0 spiro atoms. The molecule has 1 aromatic rings. The second-order valence-corrected chi connectivity index (χ2v) is 15.4. The number of alkyl carbamates (subject to hydrolysis) is 1. The summed E-state index contributed by atoms with van der Waals surface area (Å²) in [6, 6.07) is 2.43. The van der Waals surface area contributed by atoms with Crippen LogP contribution in [0.1, 0.15) is 73.3 Å². The SMILES string of the molecule is CC[C@H]1OC(=O)[C@@](C)(F)C(=O)[C@H](C)[C@@H](O[C@@H]2O[C@H](CNCc3cccnc3)CC(N(C)C)C2O)[C@](C)(OC)C[C@@H](C)C(=O)[C@H](C)[C@H]2NC(=O)O[C@@]21C. The van der Waals surface area contributed by atoms with E-state index in [9.17, 15) is 24.3 Å². The molecule has 0 aromatic carbocycles. The number of likely N-dealkylation sites (N-methyl/N-ethyl adjacent to an activating group) is 1. The van der Waals surface area contributed by atoms with E-state index in [1.54, 1.807) is 40.1 Å². The third-order valence-electron chi connectivity index (χ3n) is 11.3. The van der Waals surface area contributed by atoms with Gasteiger partial charge in [0.25, 0.3) is 5.67 Å². The molecule has 292 valence electrons. The lowest BCUT2D eigenvalue weighted by atomic mass is 9.73. The number of fused-ring (bicyclic) bond motifs is 1. The number of cyclic esters (lactones) is 1. The van der Waals surface area contributed by atoms with Crippen LogP contribution in [0, 0.1) is 17.8 Å². The zero-order valence-corrected chi connectivity index (χ0v) is 32.0. The molecule has 3 aliphatic heterocycles. The highest BCUT2D eigenvalue weighted by Crippen LogP contribution is 2.41. The number of esters is 1. The molecule has 0 radical (unpaired) electrons. The summed E-state index contributed by atoms with van der Waals surface area (Å²) in [6.07, 6.45) is -2.29. The maximum absolute atomic E-state index is 16.6. The highest BCUT2D eigenvalue weighted by Gasteiger charge is 2.59. The molecule has 3 N–H and O–H groups in total. The van der Waals surface area contributed by atoms with Crippen molar-refractivity contribution < 1.29 is 52.4 Å². The van der Waals surface area contributed by atoms with E-state index in [0.717, 1.165) is 12.5 Å². The number of methoxy groups -OCH3 is 1. The first-order valence-electron chi connectivity index (χ1n) is 18.1. The highest BCUT2D eigenvalue weighted by atomic mass is 19.1. The number of hydrogen-bond donors (Lipinski definition) is 3. The largest absolute Gasteiger partial charge is 0.455 e. The summed E-state index contributed by atoms with van der Waals surface area (Å²) in [7, 11) is 5.04. The van der Waals surface area contributed by atoms with Gasteiger partial charge >= 0.3 is 12.1 Å². The van der Waals surface area contributed by atoms with E-state index >= 15 is 4.39 Å². The molecule has 3 saturated heterocycles. The summed E-state index contributed by atoms with van der Waals surface area (Å²) in [5.41, 5.74) is -5.19. The van der Waals surface area contributed by atoms with Crippen LogP contribution in [0.4, 0.5) is 9.18 Å². The molecule has 4 rings (SSSR count). The molecule has 13 atom stereocenters. The van der Waals surface area contributed by atoms with E-state index < -0.39 is 95.3 Å². The van der Waals surface area contributed by atoms with E-state index in [4.69, 9.17) is 23.7 Å². The number of aliphatic hydroxyl groups is 1. The summed E-state index contributed by atoms with van der Waals surface area (Å²) < 4.78 is 46.8. The van der Waals surface area contributed by atoms with Gasteiger partial charge in [-0.1, -0.05) is 33.8 Å². The summed E-state index contributed by atoms with van der Waals surface area (Å²) in [5.74, 6) is -5.81. The molecule has 1 aromatic heterocycles. The summed E-state index contributed by atoms with van der Waals surface area (Å²) >= 11 is 0. The first-order valence-corrected chi connectivity index (χ1v) is 18.1. The van der Waals surface area contributed by atoms with Crippen molar-refractivity contribution >= 4 is 23.6 Å². The van der Waals surface area contributed by atoms with E-state index in [-0.39, 0.29) is 18.6 Å². The fourth-order valence-electron chi connectivity index (χ4n) is 8.09. The number of ether oxygens (including phenoxy) is 5. The molecule has 0 bridgehead atoms. The van der Waals surface area contributed by atoms with Gasteiger partial charge in [0, 0.05) is 56.4 Å². The van der Waals surface area contributed by atoms with Gasteiger partial charge in [-0.15, -0.1) is 0 Å². The summed E-state index contributed by atoms with van der Waals surface area (Å²) in [5, 5.41) is 17.6. The van der Waals surface area contributed by atoms with Gasteiger partial charge < -0.3 is 44.3 Å². The minimum Gasteiger partial charge on any atom is -0.455 e. The average Bonchev–Trinajstić information content (AvgIpc) is 3.42. The van der Waals surface area contributed by atoms with Crippen molar-refractivity contribution in [2.75, 3.05) is 27.7 Å². The number of Topliss-reactive ketones (excluding diaryl/α,β-unsaturated/α-hetero) is 2. The van der Waals surface area contributed by atoms with Crippen molar-refractivity contribution in [3.8, 4) is 0 Å². The van der Waals surface area contributed by atoms with Gasteiger partial charge in [0.05, 0.1) is 23.9 Å². The lowest BCUT2D eigenvalue weighted by Crippen LogP contribution is -2.62. The number of amides is 1. The quantitative estimate of drug-likeness (QED) is 0.250. The van der Waals surface area contributed by atoms with Crippen molar-refractivity contribution in [1.82, 2.24) is 20.5 Å². The Hall–Kier alpha value is -3.08. The zero-order valence-electron chi connectivity index (χ0n) is 32.0. The molecular formula is C37H57FN4O10. The topological polar surface area (TPSA) is 175 Å². The Balaban J connectivity index is 1.72. The predicted octanol–water partition coefficient (Wildman–Crippen LogP) is 2.73. The van der Waals surface area contributed by atoms with Gasteiger partial charge in [0.1, 0.15) is 18.0 Å². The highest BCUT2D eigenvalue weighted by molar-refractivity contribution is 6.08. The fraction of sp³-hybridized carbons (Fsp3) is 0.757. The summed E-state index contributed by atoms with van der Waals surface area (Å²) in [4.78, 5) is 60.4. The van der Waals surface area contributed by atoms with E-state index in [2.05, 4.69) is 15.6 Å². The number of nitrogens with one attached hydrogen (secondary N) is 2. The van der Waals surface area contributed by atoms with Crippen LogP contribution in [-0.2, 0) is 44.6 Å². The number of rotatable bonds is 9. The minimum atomic E-state index is -3.17. The maximum Gasteiger partial charge on any atom is 0.408 e. The smallest absolute Gasteiger partial charge is 0.408 e. The van der Waals surface area contributed by atoms with Crippen LogP contribution < -0.4 is 10.6 Å². The Morgan fingerprint density at radius 3 is 2.42 bits per heavy atom. The first-order chi connectivity index (χ1) is 24.3. The number of hydrogen-bond acceptors (Lipinski definition) is 13. The zero-order chi connectivity index (χ0) is 38.8. The normalized spacial score (nSPS) is 40.8. The lowest BCUT2D eigenvalue weighted by molar-refractivity contribution is -0.297. The monoisotopic (exact) mass is 736 g/mol. The van der Waals surface area contributed by atoms with Gasteiger partial charge in [-0.3, -0.25) is 14.6 Å². The van der Waals surface area contributed by atoms with Crippen molar-refractivity contribution in [3.05, 3.63) is 30.1 Å². The molecule has 1 amide bonds. The molecule has 52 heavy (non-hydrogen) atoms. The Morgan fingerprint density at radius 1 is 1.13 bits per heavy atom. The second kappa shape index (κ2) is 16.5. The van der Waals surface area contributed by atoms with Crippen molar-refractivity contribution in [1.29, 1.82) is 0 Å². The van der Waals surface area contributed by atoms with Crippen molar-refractivity contribution in [2.45, 2.75) is 134 Å². The predicted molar refractivity (Wildman–Crippen MR) is 187 cm³/mol. The fourth-order valence-corrected chi connectivity index (χ4v) is 8.09. The molecule has 4 heterocycles. The van der Waals surface area contributed by atoms with Crippen LogP contribution in [0.2, 0.25) is 0 Å². The molecule has 3 fully saturated rings. The van der Waals surface area contributed by atoms with Crippen LogP contribution in [0.25, 0.3) is 0 Å². The molecule has 3 aliphatic rings. The molecule has 15 heteroatoms. The van der Waals surface area contributed by atoms with E-state index in [1.165, 1.54) is 21.0 Å². The number of aliphatic hydroxyl groups excluding tert-OH is 1. The second-order valence-electron chi connectivity index (χ2n) is 15.4. The van der Waals surface area contributed by atoms with Crippen LogP contribution >= 0.6 is 0 Å². The lowest BCUT2D eigenvalue weighted by Gasteiger charge is -2.47. The molecule has 0 saturated carbocycles. The van der Waals surface area contributed by atoms with Gasteiger partial charge in [-0.05, 0) is 65.8 Å². The van der Waals surface area contributed by atoms with Gasteiger partial charge in [-0.25, -0.2) is 14.0 Å². The number of carbonyl (C=O) groups is 4. The van der Waals surface area contributed by atoms with Crippen molar-refractivity contribution in [2.24, 2.45) is 17.8 Å². The maximum atomic E-state index is 16.6. The first kappa shape index (κ1) is 41.7. The van der Waals surface area contributed by atoms with Crippen LogP contribution in [0.5, 0.6) is 0 Å².